The summed E-state index contributed by atoms with van der Waals surface area (Å²) in [6.07, 6.45) is 1.53. The Bertz CT molecular complexity index is 1560. The molecule has 164 valence electrons. The first-order valence-electron chi connectivity index (χ1n) is 10.2. The second-order valence-corrected chi connectivity index (χ2v) is 7.47. The molecule has 3 aromatic heterocycles. The van der Waals surface area contributed by atoms with E-state index in [-0.39, 0.29) is 12.2 Å². The van der Waals surface area contributed by atoms with E-state index in [1.807, 2.05) is 12.1 Å². The van der Waals surface area contributed by atoms with E-state index in [0.717, 1.165) is 0 Å². The van der Waals surface area contributed by atoms with E-state index >= 15 is 0 Å². The number of furan rings is 1. The highest BCUT2D eigenvalue weighted by Gasteiger charge is 2.17. The van der Waals surface area contributed by atoms with Crippen molar-refractivity contribution < 1.29 is 14.0 Å². The molecule has 9 heteroatoms. The lowest BCUT2D eigenvalue weighted by Crippen LogP contribution is -2.44. The Balaban J connectivity index is 1.38. The van der Waals surface area contributed by atoms with Crippen molar-refractivity contribution in [3.63, 3.8) is 0 Å². The van der Waals surface area contributed by atoms with Crippen LogP contribution in [0.1, 0.15) is 10.4 Å². The molecule has 0 atom stereocenters. The van der Waals surface area contributed by atoms with Crippen LogP contribution in [-0.2, 0) is 18.4 Å². The molecule has 9 nitrogen and oxygen atoms in total. The molecule has 0 radical (unpaired) electrons. The van der Waals surface area contributed by atoms with Gasteiger partial charge >= 0.3 is 5.69 Å². The molecular weight excluding hydrogens is 422 g/mol. The number of fused-ring (bicyclic) bond motifs is 2. The molecule has 5 rings (SSSR count). The number of nitrogens with zero attached hydrogens (tertiary/aromatic N) is 3. The second-order valence-electron chi connectivity index (χ2n) is 7.47. The van der Waals surface area contributed by atoms with E-state index in [2.05, 4.69) is 15.8 Å². The summed E-state index contributed by atoms with van der Waals surface area (Å²) in [5.74, 6) is -0.527. The Labute approximate surface area is 187 Å². The summed E-state index contributed by atoms with van der Waals surface area (Å²) >= 11 is 0. The van der Waals surface area contributed by atoms with Gasteiger partial charge in [0.2, 0.25) is 0 Å². The van der Waals surface area contributed by atoms with Crippen LogP contribution in [0.4, 0.5) is 0 Å². The zero-order valence-electron chi connectivity index (χ0n) is 17.6. The number of pyridine rings is 1. The van der Waals surface area contributed by atoms with Gasteiger partial charge in [0.05, 0.1) is 28.4 Å². The third kappa shape index (κ3) is 3.65. The first-order chi connectivity index (χ1) is 16.0. The SMILES string of the molecule is Cn1c(=O)n(CC(=O)NNC(=O)c2cc(-c3ccco3)nc3ccccc23)c2ccccc21. The molecule has 0 saturated heterocycles. The van der Waals surface area contributed by atoms with E-state index in [0.29, 0.717) is 39.0 Å². The summed E-state index contributed by atoms with van der Waals surface area (Å²) in [6.45, 7) is -0.241. The van der Waals surface area contributed by atoms with Gasteiger partial charge in [0.25, 0.3) is 11.8 Å². The number of benzene rings is 2. The maximum absolute atomic E-state index is 13.0. The number of para-hydroxylation sites is 3. The molecule has 3 heterocycles. The highest BCUT2D eigenvalue weighted by Crippen LogP contribution is 2.25. The highest BCUT2D eigenvalue weighted by atomic mass is 16.3. The molecule has 0 fully saturated rings. The number of hydrogen-bond donors (Lipinski definition) is 2. The van der Waals surface area contributed by atoms with Gasteiger partial charge in [-0.2, -0.15) is 0 Å². The number of carbonyl (C=O) groups is 2. The average molecular weight is 441 g/mol. The van der Waals surface area contributed by atoms with E-state index in [1.54, 1.807) is 61.6 Å². The van der Waals surface area contributed by atoms with Crippen molar-refractivity contribution in [3.05, 3.63) is 89.0 Å². The molecule has 2 amide bonds. The highest BCUT2D eigenvalue weighted by molar-refractivity contribution is 6.07. The largest absolute Gasteiger partial charge is 0.463 e. The number of amides is 2. The predicted octanol–water partition coefficient (Wildman–Crippen LogP) is 2.61. The molecule has 0 unspecified atom stereocenters. The summed E-state index contributed by atoms with van der Waals surface area (Å²) in [7, 11) is 1.64. The van der Waals surface area contributed by atoms with Crippen LogP contribution < -0.4 is 16.5 Å². The zero-order chi connectivity index (χ0) is 22.9. The van der Waals surface area contributed by atoms with Crippen molar-refractivity contribution in [1.29, 1.82) is 0 Å². The Kier molecular flexibility index (Phi) is 4.98. The molecule has 2 aromatic carbocycles. The minimum atomic E-state index is -0.536. The van der Waals surface area contributed by atoms with Gasteiger partial charge in [0.1, 0.15) is 12.2 Å². The van der Waals surface area contributed by atoms with Crippen LogP contribution in [0.2, 0.25) is 0 Å². The van der Waals surface area contributed by atoms with Gasteiger partial charge < -0.3 is 4.42 Å². The molecule has 2 N–H and O–H groups in total. The third-order valence-electron chi connectivity index (χ3n) is 5.40. The number of rotatable bonds is 4. The third-order valence-corrected chi connectivity index (χ3v) is 5.40. The Morgan fingerprint density at radius 3 is 2.52 bits per heavy atom. The molecule has 0 saturated carbocycles. The summed E-state index contributed by atoms with van der Waals surface area (Å²) < 4.78 is 8.25. The zero-order valence-corrected chi connectivity index (χ0v) is 17.6. The maximum Gasteiger partial charge on any atom is 0.329 e. The van der Waals surface area contributed by atoms with Gasteiger partial charge in [0, 0.05) is 12.4 Å². The molecule has 0 bridgehead atoms. The normalized spacial score (nSPS) is 11.1. The molecule has 0 aliphatic carbocycles. The topological polar surface area (TPSA) is 111 Å². The molecule has 0 spiro atoms. The lowest BCUT2D eigenvalue weighted by molar-refractivity contribution is -0.122. The molecule has 0 aliphatic heterocycles. The smallest absolute Gasteiger partial charge is 0.329 e. The Hall–Kier alpha value is -4.66. The fourth-order valence-electron chi connectivity index (χ4n) is 3.81. The van der Waals surface area contributed by atoms with Crippen molar-refractivity contribution in [2.75, 3.05) is 0 Å². The Morgan fingerprint density at radius 2 is 1.73 bits per heavy atom. The van der Waals surface area contributed by atoms with Crippen molar-refractivity contribution in [2.45, 2.75) is 6.54 Å². The number of imidazole rings is 1. The van der Waals surface area contributed by atoms with Crippen LogP contribution in [-0.4, -0.2) is 25.9 Å². The predicted molar refractivity (Wildman–Crippen MR) is 122 cm³/mol. The van der Waals surface area contributed by atoms with Crippen molar-refractivity contribution >= 4 is 33.8 Å². The number of nitrogens with one attached hydrogen (secondary N) is 2. The minimum Gasteiger partial charge on any atom is -0.463 e. The van der Waals surface area contributed by atoms with Crippen LogP contribution in [0, 0.1) is 0 Å². The number of hydrazine groups is 1. The van der Waals surface area contributed by atoms with Gasteiger partial charge in [-0.25, -0.2) is 9.78 Å². The number of hydrogen-bond acceptors (Lipinski definition) is 5. The summed E-state index contributed by atoms with van der Waals surface area (Å²) in [5.41, 5.74) is 7.31. The fourth-order valence-corrected chi connectivity index (χ4v) is 3.81. The lowest BCUT2D eigenvalue weighted by Gasteiger charge is -2.11. The standard InChI is InChI=1S/C24H19N5O4/c1-28-19-9-4-5-10-20(19)29(24(28)32)14-22(30)26-27-23(31)16-13-18(21-11-6-12-33-21)25-17-8-3-2-7-15(16)17/h2-13H,14H2,1H3,(H,26,30)(H,27,31). The monoisotopic (exact) mass is 441 g/mol. The first-order valence-corrected chi connectivity index (χ1v) is 10.2. The molecular formula is C24H19N5O4. The van der Waals surface area contributed by atoms with Crippen LogP contribution in [0.25, 0.3) is 33.4 Å². The number of aromatic nitrogens is 3. The van der Waals surface area contributed by atoms with Crippen LogP contribution in [0.15, 0.2) is 82.2 Å². The molecule has 5 aromatic rings. The summed E-state index contributed by atoms with van der Waals surface area (Å²) in [4.78, 5) is 42.6. The van der Waals surface area contributed by atoms with E-state index in [1.165, 1.54) is 15.4 Å². The van der Waals surface area contributed by atoms with Gasteiger partial charge in [0.15, 0.2) is 5.76 Å². The number of aryl methyl sites for hydroxylation is 1. The van der Waals surface area contributed by atoms with E-state index < -0.39 is 11.8 Å². The van der Waals surface area contributed by atoms with Gasteiger partial charge in [-0.15, -0.1) is 0 Å². The van der Waals surface area contributed by atoms with Crippen LogP contribution in [0.3, 0.4) is 0 Å². The average Bonchev–Trinajstić information content (AvgIpc) is 3.46. The molecule has 33 heavy (non-hydrogen) atoms. The van der Waals surface area contributed by atoms with Crippen molar-refractivity contribution in [1.82, 2.24) is 25.0 Å². The first kappa shape index (κ1) is 20.3. The maximum atomic E-state index is 13.0. The van der Waals surface area contributed by atoms with Crippen LogP contribution >= 0.6 is 0 Å². The quantitative estimate of drug-likeness (QED) is 0.417. The lowest BCUT2D eigenvalue weighted by atomic mass is 10.1. The second kappa shape index (κ2) is 8.12. The summed E-state index contributed by atoms with van der Waals surface area (Å²) in [6, 6.07) is 19.5. The Morgan fingerprint density at radius 1 is 0.970 bits per heavy atom. The van der Waals surface area contributed by atoms with E-state index in [4.69, 9.17) is 4.42 Å². The van der Waals surface area contributed by atoms with Crippen molar-refractivity contribution in [2.24, 2.45) is 7.05 Å². The minimum absolute atomic E-state index is 0.241. The summed E-state index contributed by atoms with van der Waals surface area (Å²) in [5, 5.41) is 0.629. The van der Waals surface area contributed by atoms with Gasteiger partial charge in [-0.1, -0.05) is 30.3 Å². The fraction of sp³-hybridized carbons (Fsp3) is 0.0833. The van der Waals surface area contributed by atoms with Gasteiger partial charge in [-0.05, 0) is 36.4 Å². The van der Waals surface area contributed by atoms with Crippen molar-refractivity contribution in [3.8, 4) is 11.5 Å². The number of carbonyl (C=O) groups excluding carboxylic acids is 2. The van der Waals surface area contributed by atoms with Crippen LogP contribution in [0.5, 0.6) is 0 Å². The van der Waals surface area contributed by atoms with E-state index in [9.17, 15) is 14.4 Å². The van der Waals surface area contributed by atoms with Gasteiger partial charge in [-0.3, -0.25) is 29.6 Å². The molecule has 0 aliphatic rings.